The average molecular weight is 221 g/mol. The van der Waals surface area contributed by atoms with Crippen LogP contribution in [0.1, 0.15) is 32.8 Å². The fourth-order valence-electron chi connectivity index (χ4n) is 1.69. The quantitative estimate of drug-likeness (QED) is 0.798. The zero-order valence-electron chi connectivity index (χ0n) is 10.6. The Morgan fingerprint density at radius 3 is 2.25 bits per heavy atom. The topological polar surface area (TPSA) is 23.5 Å². The highest BCUT2D eigenvalue weighted by Crippen LogP contribution is 2.09. The number of hydrogen-bond donors (Lipinski definition) is 1. The lowest BCUT2D eigenvalue weighted by Crippen LogP contribution is -2.32. The van der Waals surface area contributed by atoms with Crippen LogP contribution in [0, 0.1) is 0 Å². The Labute approximate surface area is 98.9 Å². The molecule has 0 aliphatic rings. The largest absolute Gasteiger partial charge is 0.393 e. The number of hydrogen-bond acceptors (Lipinski definition) is 2. The zero-order chi connectivity index (χ0) is 12.0. The first-order valence-corrected chi connectivity index (χ1v) is 6.05. The van der Waals surface area contributed by atoms with Gasteiger partial charge < -0.3 is 5.11 Å². The molecule has 1 aromatic rings. The highest BCUT2D eigenvalue weighted by atomic mass is 16.3. The lowest BCUT2D eigenvalue weighted by Gasteiger charge is -2.27. The van der Waals surface area contributed by atoms with E-state index in [9.17, 15) is 5.11 Å². The van der Waals surface area contributed by atoms with Crippen LogP contribution in [0.5, 0.6) is 0 Å². The summed E-state index contributed by atoms with van der Waals surface area (Å²) in [6.45, 7) is 8.16. The zero-order valence-corrected chi connectivity index (χ0v) is 10.6. The summed E-state index contributed by atoms with van der Waals surface area (Å²) in [5.74, 6) is 0. The summed E-state index contributed by atoms with van der Waals surface area (Å²) in [5, 5.41) is 9.32. The van der Waals surface area contributed by atoms with E-state index in [1.54, 1.807) is 0 Å². The van der Waals surface area contributed by atoms with E-state index in [1.165, 1.54) is 5.56 Å². The van der Waals surface area contributed by atoms with Crippen LogP contribution in [0.15, 0.2) is 30.3 Å². The van der Waals surface area contributed by atoms with Gasteiger partial charge in [-0.3, -0.25) is 4.90 Å². The molecule has 0 saturated heterocycles. The SMILES string of the molecule is CC(O)CCN(Cc1ccccc1)C(C)C. The standard InChI is InChI=1S/C14H23NO/c1-12(2)15(10-9-13(3)16)11-14-7-5-4-6-8-14/h4-8,12-13,16H,9-11H2,1-3H3. The van der Waals surface area contributed by atoms with Crippen molar-refractivity contribution in [1.82, 2.24) is 4.90 Å². The molecule has 1 N–H and O–H groups in total. The van der Waals surface area contributed by atoms with Crippen molar-refractivity contribution >= 4 is 0 Å². The van der Waals surface area contributed by atoms with E-state index in [1.807, 2.05) is 13.0 Å². The molecular formula is C14H23NO. The Morgan fingerprint density at radius 2 is 1.75 bits per heavy atom. The van der Waals surface area contributed by atoms with E-state index in [-0.39, 0.29) is 6.10 Å². The van der Waals surface area contributed by atoms with Crippen LogP contribution >= 0.6 is 0 Å². The Bertz CT molecular complexity index is 282. The number of nitrogens with zero attached hydrogens (tertiary/aromatic N) is 1. The predicted octanol–water partition coefficient (Wildman–Crippen LogP) is 2.67. The summed E-state index contributed by atoms with van der Waals surface area (Å²) in [6.07, 6.45) is 0.627. The minimum Gasteiger partial charge on any atom is -0.393 e. The smallest absolute Gasteiger partial charge is 0.0524 e. The molecule has 0 aliphatic carbocycles. The van der Waals surface area contributed by atoms with Crippen LogP contribution in [0.4, 0.5) is 0 Å². The van der Waals surface area contributed by atoms with Gasteiger partial charge in [0, 0.05) is 19.1 Å². The second-order valence-electron chi connectivity index (χ2n) is 4.69. The van der Waals surface area contributed by atoms with Crippen LogP contribution in [-0.2, 0) is 6.54 Å². The molecule has 0 aliphatic heterocycles. The molecule has 0 aromatic heterocycles. The van der Waals surface area contributed by atoms with E-state index in [0.717, 1.165) is 19.5 Å². The molecule has 1 rings (SSSR count). The van der Waals surface area contributed by atoms with Crippen molar-refractivity contribution in [1.29, 1.82) is 0 Å². The van der Waals surface area contributed by atoms with Gasteiger partial charge in [0.1, 0.15) is 0 Å². The van der Waals surface area contributed by atoms with E-state index in [2.05, 4.69) is 43.0 Å². The second-order valence-corrected chi connectivity index (χ2v) is 4.69. The van der Waals surface area contributed by atoms with Gasteiger partial charge in [0.05, 0.1) is 6.10 Å². The number of aliphatic hydroxyl groups excluding tert-OH is 1. The van der Waals surface area contributed by atoms with Gasteiger partial charge in [-0.1, -0.05) is 30.3 Å². The van der Waals surface area contributed by atoms with E-state index >= 15 is 0 Å². The normalized spacial score (nSPS) is 13.4. The molecule has 16 heavy (non-hydrogen) atoms. The summed E-state index contributed by atoms with van der Waals surface area (Å²) in [5.41, 5.74) is 1.33. The highest BCUT2D eigenvalue weighted by molar-refractivity contribution is 5.14. The van der Waals surface area contributed by atoms with Gasteiger partial charge in [-0.05, 0) is 32.8 Å². The molecule has 0 heterocycles. The Morgan fingerprint density at radius 1 is 1.12 bits per heavy atom. The van der Waals surface area contributed by atoms with Crippen LogP contribution in [-0.4, -0.2) is 28.7 Å². The van der Waals surface area contributed by atoms with E-state index in [0.29, 0.717) is 6.04 Å². The molecule has 0 amide bonds. The summed E-state index contributed by atoms with van der Waals surface area (Å²) >= 11 is 0. The van der Waals surface area contributed by atoms with Gasteiger partial charge >= 0.3 is 0 Å². The molecule has 0 fully saturated rings. The molecule has 2 nitrogen and oxygen atoms in total. The third-order valence-electron chi connectivity index (χ3n) is 2.79. The Hall–Kier alpha value is -0.860. The molecular weight excluding hydrogens is 198 g/mol. The minimum atomic E-state index is -0.211. The van der Waals surface area contributed by atoms with Crippen molar-refractivity contribution in [2.24, 2.45) is 0 Å². The first-order chi connectivity index (χ1) is 7.59. The third kappa shape index (κ3) is 4.77. The summed E-state index contributed by atoms with van der Waals surface area (Å²) in [6, 6.07) is 11.0. The molecule has 0 bridgehead atoms. The van der Waals surface area contributed by atoms with Gasteiger partial charge in [-0.25, -0.2) is 0 Å². The van der Waals surface area contributed by atoms with Crippen LogP contribution in [0.3, 0.4) is 0 Å². The minimum absolute atomic E-state index is 0.211. The number of aliphatic hydroxyl groups is 1. The average Bonchev–Trinajstić information content (AvgIpc) is 2.25. The highest BCUT2D eigenvalue weighted by Gasteiger charge is 2.10. The Balaban J connectivity index is 2.51. The number of benzene rings is 1. The predicted molar refractivity (Wildman–Crippen MR) is 68.3 cm³/mol. The second kappa shape index (κ2) is 6.66. The monoisotopic (exact) mass is 221 g/mol. The van der Waals surface area contributed by atoms with E-state index < -0.39 is 0 Å². The summed E-state index contributed by atoms with van der Waals surface area (Å²) in [7, 11) is 0. The lowest BCUT2D eigenvalue weighted by molar-refractivity contribution is 0.138. The van der Waals surface area contributed by atoms with Crippen LogP contribution in [0.2, 0.25) is 0 Å². The fourth-order valence-corrected chi connectivity index (χ4v) is 1.69. The molecule has 1 aromatic carbocycles. The van der Waals surface area contributed by atoms with Crippen molar-refractivity contribution in [3.8, 4) is 0 Å². The first-order valence-electron chi connectivity index (χ1n) is 6.05. The maximum Gasteiger partial charge on any atom is 0.0524 e. The maximum atomic E-state index is 9.32. The van der Waals surface area contributed by atoms with Gasteiger partial charge in [0.2, 0.25) is 0 Å². The van der Waals surface area contributed by atoms with Crippen LogP contribution < -0.4 is 0 Å². The van der Waals surface area contributed by atoms with Crippen molar-refractivity contribution in [2.45, 2.75) is 45.9 Å². The van der Waals surface area contributed by atoms with Gasteiger partial charge in [-0.2, -0.15) is 0 Å². The van der Waals surface area contributed by atoms with Crippen molar-refractivity contribution in [2.75, 3.05) is 6.54 Å². The van der Waals surface area contributed by atoms with Gasteiger partial charge in [0.15, 0.2) is 0 Å². The lowest BCUT2D eigenvalue weighted by atomic mass is 10.1. The molecule has 0 saturated carbocycles. The van der Waals surface area contributed by atoms with Crippen LogP contribution in [0.25, 0.3) is 0 Å². The summed E-state index contributed by atoms with van der Waals surface area (Å²) < 4.78 is 0. The van der Waals surface area contributed by atoms with Crippen molar-refractivity contribution < 1.29 is 5.11 Å². The molecule has 0 radical (unpaired) electrons. The molecule has 1 atom stereocenters. The molecule has 2 heteroatoms. The fraction of sp³-hybridized carbons (Fsp3) is 0.571. The molecule has 1 unspecified atom stereocenters. The van der Waals surface area contributed by atoms with Gasteiger partial charge in [-0.15, -0.1) is 0 Å². The maximum absolute atomic E-state index is 9.32. The van der Waals surface area contributed by atoms with Crippen molar-refractivity contribution in [3.63, 3.8) is 0 Å². The van der Waals surface area contributed by atoms with E-state index in [4.69, 9.17) is 0 Å². The molecule has 0 spiro atoms. The van der Waals surface area contributed by atoms with Crippen molar-refractivity contribution in [3.05, 3.63) is 35.9 Å². The molecule has 90 valence electrons. The first kappa shape index (κ1) is 13.2. The van der Waals surface area contributed by atoms with Gasteiger partial charge in [0.25, 0.3) is 0 Å². The number of rotatable bonds is 6. The summed E-state index contributed by atoms with van der Waals surface area (Å²) in [4.78, 5) is 2.39. The Kier molecular flexibility index (Phi) is 5.50. The third-order valence-corrected chi connectivity index (χ3v) is 2.79.